The van der Waals surface area contributed by atoms with E-state index in [9.17, 15) is 4.79 Å². The van der Waals surface area contributed by atoms with Gasteiger partial charge in [0, 0.05) is 0 Å². The van der Waals surface area contributed by atoms with Crippen LogP contribution in [0.4, 0.5) is 0 Å². The van der Waals surface area contributed by atoms with E-state index < -0.39 is 23.0 Å². The quantitative estimate of drug-likeness (QED) is 0.440. The monoisotopic (exact) mass is 257 g/mol. The molecule has 0 saturated carbocycles. The summed E-state index contributed by atoms with van der Waals surface area (Å²) in [6.45, 7) is 14.5. The van der Waals surface area contributed by atoms with Gasteiger partial charge in [-0.25, -0.2) is 4.79 Å². The molecule has 0 aliphatic heterocycles. The molecule has 0 spiro atoms. The lowest BCUT2D eigenvalue weighted by atomic mass is 10.1. The van der Waals surface area contributed by atoms with E-state index in [-0.39, 0.29) is 0 Å². The van der Waals surface area contributed by atoms with Crippen LogP contribution < -0.4 is 0 Å². The Bertz CT molecular complexity index is 270. The van der Waals surface area contributed by atoms with E-state index >= 15 is 0 Å². The van der Waals surface area contributed by atoms with Crippen molar-refractivity contribution in [1.29, 1.82) is 0 Å². The van der Waals surface area contributed by atoms with Gasteiger partial charge in [0.25, 0.3) is 5.79 Å². The minimum absolute atomic E-state index is 0.583. The van der Waals surface area contributed by atoms with E-state index in [1.807, 2.05) is 41.5 Å². The van der Waals surface area contributed by atoms with Crippen LogP contribution >= 0.6 is 0 Å². The maximum absolute atomic E-state index is 11.8. The third-order valence-electron chi connectivity index (χ3n) is 1.56. The Morgan fingerprint density at radius 2 is 1.41 bits per heavy atom. The maximum atomic E-state index is 11.8. The molecule has 0 N–H and O–H groups in total. The van der Waals surface area contributed by atoms with Crippen molar-refractivity contribution in [3.63, 3.8) is 0 Å². The molecule has 0 saturated heterocycles. The molecular weight excluding hydrogens is 236 g/mol. The SMILES string of the molecule is C=CC(OC(C)(C)C)(OC(C)(C)C)C(=O)O[Si]. The van der Waals surface area contributed by atoms with Crippen LogP contribution in [0.25, 0.3) is 0 Å². The van der Waals surface area contributed by atoms with Crippen LogP contribution in [-0.2, 0) is 18.7 Å². The van der Waals surface area contributed by atoms with E-state index in [2.05, 4.69) is 21.5 Å². The molecule has 0 aliphatic carbocycles. The Morgan fingerprint density at radius 1 is 1.06 bits per heavy atom. The predicted molar refractivity (Wildman–Crippen MR) is 66.5 cm³/mol. The van der Waals surface area contributed by atoms with Crippen LogP contribution in [0.3, 0.4) is 0 Å². The van der Waals surface area contributed by atoms with Crippen LogP contribution in [0.5, 0.6) is 0 Å². The Labute approximate surface area is 107 Å². The van der Waals surface area contributed by atoms with Gasteiger partial charge < -0.3 is 13.9 Å². The number of rotatable bonds is 4. The molecule has 0 heterocycles. The summed E-state index contributed by atoms with van der Waals surface area (Å²) >= 11 is 0. The Morgan fingerprint density at radius 3 is 1.59 bits per heavy atom. The second-order valence-electron chi connectivity index (χ2n) is 5.69. The molecule has 0 aliphatic rings. The zero-order chi connectivity index (χ0) is 13.9. The number of carbonyl (C=O) groups is 1. The van der Waals surface area contributed by atoms with Gasteiger partial charge in [0.15, 0.2) is 0 Å². The Hall–Kier alpha value is -0.653. The largest absolute Gasteiger partial charge is 0.512 e. The first-order valence-corrected chi connectivity index (χ1v) is 5.78. The first kappa shape index (κ1) is 16.3. The van der Waals surface area contributed by atoms with Gasteiger partial charge in [-0.1, -0.05) is 6.58 Å². The molecule has 0 aromatic carbocycles. The molecule has 0 unspecified atom stereocenters. The molecule has 97 valence electrons. The second kappa shape index (κ2) is 5.33. The molecule has 17 heavy (non-hydrogen) atoms. The Balaban J connectivity index is 5.31. The third kappa shape index (κ3) is 5.47. The summed E-state index contributed by atoms with van der Waals surface area (Å²) in [4.78, 5) is 11.8. The number of ether oxygens (including phenoxy) is 2. The van der Waals surface area contributed by atoms with E-state index in [1.165, 1.54) is 6.08 Å². The van der Waals surface area contributed by atoms with Crippen LogP contribution in [0, 0.1) is 0 Å². The van der Waals surface area contributed by atoms with Crippen molar-refractivity contribution >= 4 is 16.5 Å². The molecule has 0 aromatic rings. The molecule has 0 amide bonds. The Kier molecular flexibility index (Phi) is 5.12. The van der Waals surface area contributed by atoms with Crippen molar-refractivity contribution in [3.05, 3.63) is 12.7 Å². The summed E-state index contributed by atoms with van der Waals surface area (Å²) < 4.78 is 15.9. The lowest BCUT2D eigenvalue weighted by Crippen LogP contribution is -2.51. The lowest BCUT2D eigenvalue weighted by Gasteiger charge is -2.38. The van der Waals surface area contributed by atoms with Gasteiger partial charge in [-0.05, 0) is 47.6 Å². The van der Waals surface area contributed by atoms with E-state index in [1.54, 1.807) is 0 Å². The summed E-state index contributed by atoms with van der Waals surface area (Å²) in [5, 5.41) is 0. The molecule has 4 nitrogen and oxygen atoms in total. The summed E-state index contributed by atoms with van der Waals surface area (Å²) in [6, 6.07) is 0. The minimum Gasteiger partial charge on any atom is -0.512 e. The van der Waals surface area contributed by atoms with Gasteiger partial charge in [0.1, 0.15) is 0 Å². The van der Waals surface area contributed by atoms with Crippen molar-refractivity contribution in [2.45, 2.75) is 58.5 Å². The van der Waals surface area contributed by atoms with Crippen LogP contribution in [0.15, 0.2) is 12.7 Å². The summed E-state index contributed by atoms with van der Waals surface area (Å²) in [5.41, 5.74) is -1.17. The lowest BCUT2D eigenvalue weighted by molar-refractivity contribution is -0.278. The van der Waals surface area contributed by atoms with E-state index in [4.69, 9.17) is 9.47 Å². The average Bonchev–Trinajstić information content (AvgIpc) is 2.10. The van der Waals surface area contributed by atoms with Crippen LogP contribution in [0.2, 0.25) is 0 Å². The molecule has 0 rings (SSSR count). The highest BCUT2D eigenvalue weighted by Gasteiger charge is 2.45. The number of hydrogen-bond acceptors (Lipinski definition) is 4. The normalized spacial score (nSPS) is 13.4. The van der Waals surface area contributed by atoms with Crippen molar-refractivity contribution < 1.29 is 18.7 Å². The fraction of sp³-hybridized carbons (Fsp3) is 0.750. The molecule has 5 heteroatoms. The number of hydrogen-bond donors (Lipinski definition) is 0. The van der Waals surface area contributed by atoms with E-state index in [0.717, 1.165) is 0 Å². The fourth-order valence-electron chi connectivity index (χ4n) is 1.25. The standard InChI is InChI=1S/C12H21O4Si/c1-8-12(9(13)14-17,15-10(2,3)4)16-11(5,6)7/h8H,1H2,2-7H3. The van der Waals surface area contributed by atoms with Crippen molar-refractivity contribution in [1.82, 2.24) is 0 Å². The van der Waals surface area contributed by atoms with Crippen molar-refractivity contribution in [2.24, 2.45) is 0 Å². The summed E-state index contributed by atoms with van der Waals surface area (Å²) in [5.74, 6) is -2.33. The highest BCUT2D eigenvalue weighted by molar-refractivity contribution is 6.07. The zero-order valence-corrected chi connectivity index (χ0v) is 12.4. The molecular formula is C12H21O4Si. The summed E-state index contributed by atoms with van der Waals surface area (Å²) in [7, 11) is 2.70. The fourth-order valence-corrected chi connectivity index (χ4v) is 1.39. The molecule has 3 radical (unpaired) electrons. The van der Waals surface area contributed by atoms with Gasteiger partial charge >= 0.3 is 16.5 Å². The first-order chi connectivity index (χ1) is 7.46. The molecule has 0 atom stereocenters. The number of carbonyl (C=O) groups excluding carboxylic acids is 1. The molecule has 0 bridgehead atoms. The smallest absolute Gasteiger partial charge is 0.357 e. The highest BCUT2D eigenvalue weighted by atomic mass is 28.2. The van der Waals surface area contributed by atoms with Crippen molar-refractivity contribution in [2.75, 3.05) is 0 Å². The topological polar surface area (TPSA) is 44.8 Å². The van der Waals surface area contributed by atoms with Gasteiger partial charge in [-0.3, -0.25) is 0 Å². The second-order valence-corrected chi connectivity index (χ2v) is 5.89. The van der Waals surface area contributed by atoms with Gasteiger partial charge in [-0.15, -0.1) is 0 Å². The van der Waals surface area contributed by atoms with Gasteiger partial charge in [0.2, 0.25) is 0 Å². The third-order valence-corrected chi connectivity index (χ3v) is 1.75. The van der Waals surface area contributed by atoms with Crippen LogP contribution in [-0.4, -0.2) is 33.4 Å². The summed E-state index contributed by atoms with van der Waals surface area (Å²) in [6.07, 6.45) is 1.30. The van der Waals surface area contributed by atoms with Gasteiger partial charge in [0.05, 0.1) is 11.2 Å². The van der Waals surface area contributed by atoms with Crippen molar-refractivity contribution in [3.8, 4) is 0 Å². The maximum Gasteiger partial charge on any atom is 0.357 e. The predicted octanol–water partition coefficient (Wildman–Crippen LogP) is 2.13. The van der Waals surface area contributed by atoms with Gasteiger partial charge in [-0.2, -0.15) is 0 Å². The van der Waals surface area contributed by atoms with Crippen LogP contribution in [0.1, 0.15) is 41.5 Å². The molecule has 0 fully saturated rings. The zero-order valence-electron chi connectivity index (χ0n) is 11.4. The average molecular weight is 257 g/mol. The highest BCUT2D eigenvalue weighted by Crippen LogP contribution is 2.29. The molecule has 0 aromatic heterocycles. The van der Waals surface area contributed by atoms with E-state index in [0.29, 0.717) is 0 Å². The minimum atomic E-state index is -1.63. The first-order valence-electron chi connectivity index (χ1n) is 5.38.